The highest BCUT2D eigenvalue weighted by Gasteiger charge is 2.45. The van der Waals surface area contributed by atoms with Crippen molar-refractivity contribution in [3.05, 3.63) is 131 Å². The first-order valence-corrected chi connectivity index (χ1v) is 25.0. The molecular weight excluding hydrogens is 905 g/mol. The molecule has 8 rings (SSSR count). The number of methoxy groups -OCH3 is 1. The van der Waals surface area contributed by atoms with E-state index in [1.807, 2.05) is 111 Å². The number of β-amino-alcohol motifs (C(OH)–C–C–N with tert-alkyl or cyclic N) is 1. The maximum atomic E-state index is 14.3. The maximum Gasteiger partial charge on any atom is 0.255 e. The molecule has 0 radical (unpaired) electrons. The monoisotopic (exact) mass is 966 g/mol. The number of aliphatic hydroxyl groups excluding tert-OH is 1. The molecule has 366 valence electrons. The second kappa shape index (κ2) is 23.8. The fourth-order valence-corrected chi connectivity index (χ4v) is 9.91. The average molecular weight is 967 g/mol. The number of hydrogen-bond donors (Lipinski definition) is 2. The summed E-state index contributed by atoms with van der Waals surface area (Å²) in [6, 6.07) is 29.4. The van der Waals surface area contributed by atoms with E-state index >= 15 is 0 Å². The molecule has 2 aliphatic heterocycles. The molecule has 6 aromatic rings. The number of Topliss-reactive ketones (excluding diaryl/α,β-unsaturated/α-hetero) is 1. The Morgan fingerprint density at radius 2 is 1.61 bits per heavy atom. The fraction of sp³-hybridized carbons (Fsp3) is 0.382. The zero-order valence-corrected chi connectivity index (χ0v) is 41.2. The van der Waals surface area contributed by atoms with Crippen molar-refractivity contribution in [1.29, 1.82) is 0 Å². The first kappa shape index (κ1) is 49.7. The summed E-state index contributed by atoms with van der Waals surface area (Å²) in [4.78, 5) is 59.4. The molecule has 4 heterocycles. The number of amides is 2. The molecule has 15 heteroatoms. The van der Waals surface area contributed by atoms with Crippen molar-refractivity contribution in [2.75, 3.05) is 45.4 Å². The van der Waals surface area contributed by atoms with E-state index in [1.165, 1.54) is 4.90 Å². The molecule has 0 spiro atoms. The van der Waals surface area contributed by atoms with Gasteiger partial charge < -0.3 is 39.2 Å². The smallest absolute Gasteiger partial charge is 0.255 e. The van der Waals surface area contributed by atoms with E-state index in [0.717, 1.165) is 81.4 Å². The van der Waals surface area contributed by atoms with E-state index in [9.17, 15) is 19.5 Å². The van der Waals surface area contributed by atoms with Gasteiger partial charge in [-0.2, -0.15) is 0 Å². The lowest BCUT2D eigenvalue weighted by molar-refractivity contribution is -0.142. The first-order chi connectivity index (χ1) is 34.1. The number of likely N-dealkylation sites (tertiary alicyclic amines) is 1. The highest BCUT2D eigenvalue weighted by atomic mass is 32.1. The van der Waals surface area contributed by atoms with Crippen LogP contribution in [0.25, 0.3) is 21.7 Å². The number of unbranched alkanes of at least 4 members (excludes halogenated alkanes) is 2. The third kappa shape index (κ3) is 12.4. The number of anilines is 2. The van der Waals surface area contributed by atoms with E-state index < -0.39 is 18.2 Å². The van der Waals surface area contributed by atoms with Crippen LogP contribution in [0.2, 0.25) is 0 Å². The molecule has 0 unspecified atom stereocenters. The van der Waals surface area contributed by atoms with Crippen LogP contribution in [0.5, 0.6) is 17.2 Å². The number of hydrogen-bond acceptors (Lipinski definition) is 13. The average Bonchev–Trinajstić information content (AvgIpc) is 4.08. The van der Waals surface area contributed by atoms with Crippen LogP contribution in [0.1, 0.15) is 79.6 Å². The zero-order chi connectivity index (χ0) is 49.0. The minimum atomic E-state index is -0.830. The number of carbonyl (C=O) groups is 3. The van der Waals surface area contributed by atoms with Crippen molar-refractivity contribution in [2.45, 2.75) is 90.4 Å². The Morgan fingerprint density at radius 3 is 2.36 bits per heavy atom. The summed E-state index contributed by atoms with van der Waals surface area (Å²) in [5, 5.41) is 14.1. The lowest BCUT2D eigenvalue weighted by Gasteiger charge is -2.35. The van der Waals surface area contributed by atoms with Gasteiger partial charge in [-0.05, 0) is 122 Å². The van der Waals surface area contributed by atoms with Crippen LogP contribution in [-0.2, 0) is 27.3 Å². The second-order valence-corrected chi connectivity index (χ2v) is 19.0. The molecule has 1 saturated heterocycles. The molecule has 2 aliphatic rings. The molecule has 0 saturated carbocycles. The summed E-state index contributed by atoms with van der Waals surface area (Å²) >= 11 is 1.56. The number of carbonyl (C=O) groups excluding carboxylic acids is 3. The van der Waals surface area contributed by atoms with Crippen molar-refractivity contribution in [3.8, 4) is 38.9 Å². The number of aliphatic hydroxyl groups is 1. The Kier molecular flexibility index (Phi) is 16.9. The van der Waals surface area contributed by atoms with Gasteiger partial charge in [-0.1, -0.05) is 44.2 Å². The van der Waals surface area contributed by atoms with Crippen LogP contribution in [0, 0.1) is 12.8 Å². The number of nitrogens with zero attached hydrogens (tertiary/aromatic N) is 5. The molecule has 0 aliphatic carbocycles. The van der Waals surface area contributed by atoms with Crippen molar-refractivity contribution in [1.82, 2.24) is 24.8 Å². The number of aromatic nitrogens is 3. The van der Waals surface area contributed by atoms with Crippen molar-refractivity contribution in [3.63, 3.8) is 0 Å². The molecule has 2 N–H and O–H groups in total. The predicted molar refractivity (Wildman–Crippen MR) is 271 cm³/mol. The number of rotatable bonds is 24. The van der Waals surface area contributed by atoms with E-state index in [4.69, 9.17) is 18.9 Å². The number of aryl methyl sites for hydroxylation is 2. The van der Waals surface area contributed by atoms with Crippen LogP contribution in [0.15, 0.2) is 109 Å². The number of ether oxygens (including phenoxy) is 4. The molecule has 1 fully saturated rings. The highest BCUT2D eigenvalue weighted by Crippen LogP contribution is 2.34. The predicted octanol–water partition coefficient (Wildman–Crippen LogP) is 9.51. The molecule has 2 aromatic heterocycles. The van der Waals surface area contributed by atoms with Crippen molar-refractivity contribution < 1.29 is 38.4 Å². The lowest BCUT2D eigenvalue weighted by Crippen LogP contribution is -2.54. The standard InChI is InChI=1S/C55H62N6O8S/c1-36(2)52(61-32-41-12-5-6-15-46(41)54(61)64)55(65)60-33-43(62)30-48(60)49(63)22-16-39-28-40(53-37(3)58-35-70-53)17-23-50(39)69-27-10-8-25-67-24-7-9-26-68-45-14-11-13-38(29-45)47-31-51(57-34-56-47)59-42-18-20-44(66-4)21-19-42/h5-6,11-15,17-21,23,28-29,31,34-36,43,48,52,62H,7-10,16,22,24-27,30,32-33H2,1-4H3,(H,56,57,59)/t43-,48+,52+/m1/s1. The Hall–Kier alpha value is -6.68. The largest absolute Gasteiger partial charge is 0.497 e. The summed E-state index contributed by atoms with van der Waals surface area (Å²) in [6.45, 7) is 8.49. The van der Waals surface area contributed by atoms with Gasteiger partial charge in [-0.3, -0.25) is 14.4 Å². The van der Waals surface area contributed by atoms with Gasteiger partial charge in [0.2, 0.25) is 5.91 Å². The van der Waals surface area contributed by atoms with Gasteiger partial charge in [-0.15, -0.1) is 11.3 Å². The summed E-state index contributed by atoms with van der Waals surface area (Å²) < 4.78 is 23.6. The van der Waals surface area contributed by atoms with Gasteiger partial charge in [0, 0.05) is 62.0 Å². The summed E-state index contributed by atoms with van der Waals surface area (Å²) in [5.74, 6) is 2.14. The molecule has 70 heavy (non-hydrogen) atoms. The van der Waals surface area contributed by atoms with E-state index in [-0.39, 0.29) is 42.9 Å². The SMILES string of the molecule is COc1ccc(Nc2cc(-c3cccc(OCCCCOCCCCOc4ccc(-c5scnc5C)cc4CCC(=O)[C@@H]4C[C@@H](O)CN4C(=O)[C@H](C(C)C)N4Cc5ccccc5C4=O)c3)ncn2)cc1. The number of benzene rings is 4. The Bertz CT molecular complexity index is 2730. The third-order valence-corrected chi connectivity index (χ3v) is 13.7. The topological polar surface area (TPSA) is 166 Å². The normalized spacial score (nSPS) is 15.8. The van der Waals surface area contributed by atoms with Crippen LogP contribution in [0.3, 0.4) is 0 Å². The van der Waals surface area contributed by atoms with Crippen LogP contribution in [0.4, 0.5) is 11.5 Å². The summed E-state index contributed by atoms with van der Waals surface area (Å²) in [5.41, 5.74) is 8.74. The van der Waals surface area contributed by atoms with Crippen LogP contribution in [-0.4, -0.2) is 106 Å². The minimum Gasteiger partial charge on any atom is -0.497 e. The van der Waals surface area contributed by atoms with Crippen molar-refractivity contribution >= 4 is 40.4 Å². The van der Waals surface area contributed by atoms with Crippen molar-refractivity contribution in [2.24, 2.45) is 5.92 Å². The number of fused-ring (bicyclic) bond motifs is 1. The fourth-order valence-electron chi connectivity index (χ4n) is 9.11. The van der Waals surface area contributed by atoms with E-state index in [1.54, 1.807) is 35.7 Å². The second-order valence-electron chi connectivity index (χ2n) is 18.1. The third-order valence-electron chi connectivity index (χ3n) is 12.8. The van der Waals surface area contributed by atoms with Gasteiger partial charge in [0.1, 0.15) is 35.4 Å². The molecule has 3 atom stereocenters. The lowest BCUT2D eigenvalue weighted by atomic mass is 9.97. The maximum absolute atomic E-state index is 14.3. The Balaban J connectivity index is 0.778. The van der Waals surface area contributed by atoms with E-state index in [0.29, 0.717) is 56.5 Å². The minimum absolute atomic E-state index is 0.0505. The molecular formula is C55H62N6O8S. The van der Waals surface area contributed by atoms with Gasteiger partial charge >= 0.3 is 0 Å². The molecule has 2 amide bonds. The van der Waals surface area contributed by atoms with Gasteiger partial charge in [0.25, 0.3) is 5.91 Å². The molecule has 14 nitrogen and oxygen atoms in total. The first-order valence-electron chi connectivity index (χ1n) is 24.2. The van der Waals surface area contributed by atoms with Gasteiger partial charge in [0.15, 0.2) is 5.78 Å². The Morgan fingerprint density at radius 1 is 0.843 bits per heavy atom. The molecule has 4 aromatic carbocycles. The highest BCUT2D eigenvalue weighted by molar-refractivity contribution is 7.13. The quantitative estimate of drug-likeness (QED) is 0.0553. The van der Waals surface area contributed by atoms with Gasteiger partial charge in [-0.25, -0.2) is 15.0 Å². The number of ketones is 1. The number of thiazole rings is 1. The van der Waals surface area contributed by atoms with Gasteiger partial charge in [0.05, 0.1) is 54.2 Å². The number of nitrogens with one attached hydrogen (secondary N) is 1. The van der Waals surface area contributed by atoms with Crippen LogP contribution < -0.4 is 19.5 Å². The summed E-state index contributed by atoms with van der Waals surface area (Å²) in [7, 11) is 1.64. The van der Waals surface area contributed by atoms with Crippen LogP contribution >= 0.6 is 11.3 Å². The zero-order valence-electron chi connectivity index (χ0n) is 40.3. The molecule has 0 bridgehead atoms. The summed E-state index contributed by atoms with van der Waals surface area (Å²) in [6.07, 6.45) is 4.76. The Labute approximate surface area is 414 Å². The van der Waals surface area contributed by atoms with E-state index in [2.05, 4.69) is 26.3 Å².